The Balaban J connectivity index is 1.70. The van der Waals surface area contributed by atoms with Crippen molar-refractivity contribution in [2.75, 3.05) is 11.4 Å². The van der Waals surface area contributed by atoms with Gasteiger partial charge in [-0.1, -0.05) is 24.3 Å². The van der Waals surface area contributed by atoms with E-state index in [1.807, 2.05) is 24.3 Å². The fourth-order valence-corrected chi connectivity index (χ4v) is 3.06. The number of benzene rings is 1. The highest BCUT2D eigenvalue weighted by molar-refractivity contribution is 7.11. The van der Waals surface area contributed by atoms with Crippen LogP contribution in [-0.4, -0.2) is 24.5 Å². The van der Waals surface area contributed by atoms with E-state index in [0.717, 1.165) is 17.7 Å². The molecular formula is C16H15NO3S. The van der Waals surface area contributed by atoms with Crippen LogP contribution in [0.3, 0.4) is 0 Å². The molecule has 108 valence electrons. The summed E-state index contributed by atoms with van der Waals surface area (Å²) in [7, 11) is 0. The number of hydrogen-bond acceptors (Lipinski definition) is 4. The minimum atomic E-state index is -0.786. The maximum Gasteiger partial charge on any atom is 0.349 e. The molecule has 0 saturated carbocycles. The third kappa shape index (κ3) is 2.69. The van der Waals surface area contributed by atoms with E-state index < -0.39 is 12.1 Å². The van der Waals surface area contributed by atoms with Crippen LogP contribution in [0.25, 0.3) is 0 Å². The number of carbonyl (C=O) groups is 2. The van der Waals surface area contributed by atoms with Gasteiger partial charge in [0.25, 0.3) is 5.91 Å². The fourth-order valence-electron chi connectivity index (χ4n) is 2.45. The molecule has 1 aliphatic heterocycles. The second kappa shape index (κ2) is 5.69. The molecule has 0 N–H and O–H groups in total. The molecule has 0 aliphatic carbocycles. The normalized spacial score (nSPS) is 14.6. The van der Waals surface area contributed by atoms with Gasteiger partial charge in [0.15, 0.2) is 6.10 Å². The van der Waals surface area contributed by atoms with Crippen molar-refractivity contribution in [3.05, 3.63) is 52.2 Å². The summed E-state index contributed by atoms with van der Waals surface area (Å²) in [5.41, 5.74) is 2.07. The Labute approximate surface area is 127 Å². The molecule has 1 aromatic carbocycles. The topological polar surface area (TPSA) is 46.6 Å². The number of ether oxygens (including phenoxy) is 1. The first-order valence-electron chi connectivity index (χ1n) is 6.80. The van der Waals surface area contributed by atoms with Gasteiger partial charge in [0.2, 0.25) is 0 Å². The molecule has 1 atom stereocenters. The summed E-state index contributed by atoms with van der Waals surface area (Å²) in [5, 5.41) is 1.81. The summed E-state index contributed by atoms with van der Waals surface area (Å²) in [6, 6.07) is 11.3. The number of nitrogens with zero attached hydrogens (tertiary/aromatic N) is 1. The first kappa shape index (κ1) is 13.8. The van der Waals surface area contributed by atoms with Crippen LogP contribution in [0.15, 0.2) is 41.8 Å². The Morgan fingerprint density at radius 3 is 2.81 bits per heavy atom. The van der Waals surface area contributed by atoms with Gasteiger partial charge >= 0.3 is 5.97 Å². The predicted molar refractivity (Wildman–Crippen MR) is 81.7 cm³/mol. The Hall–Kier alpha value is -2.14. The lowest BCUT2D eigenvalue weighted by Gasteiger charge is -2.21. The van der Waals surface area contributed by atoms with Crippen molar-refractivity contribution in [2.24, 2.45) is 0 Å². The second-order valence-corrected chi connectivity index (χ2v) is 5.84. The Kier molecular flexibility index (Phi) is 3.75. The largest absolute Gasteiger partial charge is 0.448 e. The zero-order valence-electron chi connectivity index (χ0n) is 11.6. The van der Waals surface area contributed by atoms with E-state index in [1.54, 1.807) is 29.3 Å². The molecule has 1 aromatic heterocycles. The molecule has 1 amide bonds. The zero-order chi connectivity index (χ0) is 14.8. The highest BCUT2D eigenvalue weighted by Crippen LogP contribution is 2.28. The Bertz CT molecular complexity index is 666. The number of carbonyl (C=O) groups excluding carboxylic acids is 2. The van der Waals surface area contributed by atoms with Crippen LogP contribution in [0.1, 0.15) is 22.2 Å². The Morgan fingerprint density at radius 2 is 2.05 bits per heavy atom. The second-order valence-electron chi connectivity index (χ2n) is 4.89. The molecule has 0 radical (unpaired) electrons. The number of rotatable bonds is 3. The number of thiophene rings is 1. The number of amides is 1. The van der Waals surface area contributed by atoms with Crippen LogP contribution in [-0.2, 0) is 16.0 Å². The average molecular weight is 301 g/mol. The number of esters is 1. The number of anilines is 1. The molecule has 0 unspecified atom stereocenters. The van der Waals surface area contributed by atoms with Crippen LogP contribution in [0.4, 0.5) is 5.69 Å². The number of fused-ring (bicyclic) bond motifs is 1. The number of hydrogen-bond donors (Lipinski definition) is 0. The third-order valence-corrected chi connectivity index (χ3v) is 4.36. The predicted octanol–water partition coefficient (Wildman–Crippen LogP) is 2.88. The monoisotopic (exact) mass is 301 g/mol. The third-order valence-electron chi connectivity index (χ3n) is 3.51. The van der Waals surface area contributed by atoms with Crippen LogP contribution in [0.2, 0.25) is 0 Å². The van der Waals surface area contributed by atoms with Crippen molar-refractivity contribution in [1.29, 1.82) is 0 Å². The fraction of sp³-hybridized carbons (Fsp3) is 0.250. The van der Waals surface area contributed by atoms with Crippen molar-refractivity contribution in [3.8, 4) is 0 Å². The van der Waals surface area contributed by atoms with E-state index >= 15 is 0 Å². The first-order valence-corrected chi connectivity index (χ1v) is 7.68. The molecule has 0 saturated heterocycles. The van der Waals surface area contributed by atoms with Gasteiger partial charge in [-0.25, -0.2) is 4.79 Å². The summed E-state index contributed by atoms with van der Waals surface area (Å²) in [5.74, 6) is -0.622. The summed E-state index contributed by atoms with van der Waals surface area (Å²) < 4.78 is 5.26. The van der Waals surface area contributed by atoms with Gasteiger partial charge in [-0.3, -0.25) is 4.79 Å². The molecule has 2 aromatic rings. The molecule has 5 heteroatoms. The van der Waals surface area contributed by atoms with Gasteiger partial charge < -0.3 is 9.64 Å². The molecule has 21 heavy (non-hydrogen) atoms. The van der Waals surface area contributed by atoms with Crippen LogP contribution in [0.5, 0.6) is 0 Å². The zero-order valence-corrected chi connectivity index (χ0v) is 12.4. The van der Waals surface area contributed by atoms with Gasteiger partial charge in [-0.05, 0) is 36.4 Å². The molecule has 0 fully saturated rings. The van der Waals surface area contributed by atoms with Crippen LogP contribution >= 0.6 is 11.3 Å². The molecule has 1 aliphatic rings. The summed E-state index contributed by atoms with van der Waals surface area (Å²) in [6.07, 6.45) is 0.0544. The van der Waals surface area contributed by atoms with Crippen LogP contribution < -0.4 is 4.90 Å². The van der Waals surface area contributed by atoms with Gasteiger partial charge in [0.1, 0.15) is 4.88 Å². The van der Waals surface area contributed by atoms with Crippen LogP contribution in [0, 0.1) is 0 Å². The lowest BCUT2D eigenvalue weighted by molar-refractivity contribution is -0.126. The molecule has 3 rings (SSSR count). The van der Waals surface area contributed by atoms with E-state index in [4.69, 9.17) is 4.74 Å². The van der Waals surface area contributed by atoms with Crippen molar-refractivity contribution < 1.29 is 14.3 Å². The van der Waals surface area contributed by atoms with Crippen molar-refractivity contribution in [1.82, 2.24) is 0 Å². The van der Waals surface area contributed by atoms with Gasteiger partial charge in [-0.15, -0.1) is 11.3 Å². The summed E-state index contributed by atoms with van der Waals surface area (Å²) in [6.45, 7) is 2.26. The Morgan fingerprint density at radius 1 is 1.24 bits per heavy atom. The quantitative estimate of drug-likeness (QED) is 0.819. The van der Waals surface area contributed by atoms with E-state index in [-0.39, 0.29) is 5.91 Å². The molecule has 4 nitrogen and oxygen atoms in total. The minimum absolute atomic E-state index is 0.176. The van der Waals surface area contributed by atoms with Gasteiger partial charge in [-0.2, -0.15) is 0 Å². The van der Waals surface area contributed by atoms with E-state index in [2.05, 4.69) is 0 Å². The minimum Gasteiger partial charge on any atom is -0.448 e. The van der Waals surface area contributed by atoms with Gasteiger partial charge in [0.05, 0.1) is 0 Å². The van der Waals surface area contributed by atoms with E-state index in [9.17, 15) is 9.59 Å². The van der Waals surface area contributed by atoms with Crippen molar-refractivity contribution >= 4 is 28.9 Å². The van der Waals surface area contributed by atoms with Crippen molar-refractivity contribution in [2.45, 2.75) is 19.4 Å². The highest BCUT2D eigenvalue weighted by Gasteiger charge is 2.29. The highest BCUT2D eigenvalue weighted by atomic mass is 32.1. The number of para-hydroxylation sites is 1. The molecule has 0 bridgehead atoms. The maximum absolute atomic E-state index is 12.5. The molecule has 0 spiro atoms. The van der Waals surface area contributed by atoms with Gasteiger partial charge in [0, 0.05) is 12.2 Å². The lowest BCUT2D eigenvalue weighted by Crippen LogP contribution is -2.39. The average Bonchev–Trinajstić information content (AvgIpc) is 3.15. The summed E-state index contributed by atoms with van der Waals surface area (Å²) in [4.78, 5) is 26.6. The molecule has 2 heterocycles. The summed E-state index contributed by atoms with van der Waals surface area (Å²) >= 11 is 1.31. The first-order chi connectivity index (χ1) is 10.2. The SMILES string of the molecule is C[C@@H](OC(=O)c1cccs1)C(=O)N1CCc2ccccc21. The van der Waals surface area contributed by atoms with E-state index in [1.165, 1.54) is 11.3 Å². The standard InChI is InChI=1S/C16H15NO3S/c1-11(20-16(19)14-7-4-10-21-14)15(18)17-9-8-12-5-2-3-6-13(12)17/h2-7,10-11H,8-9H2,1H3/t11-/m1/s1. The van der Waals surface area contributed by atoms with Crippen molar-refractivity contribution in [3.63, 3.8) is 0 Å². The lowest BCUT2D eigenvalue weighted by atomic mass is 10.2. The maximum atomic E-state index is 12.5. The van der Waals surface area contributed by atoms with E-state index in [0.29, 0.717) is 11.4 Å². The molecular weight excluding hydrogens is 286 g/mol. The smallest absolute Gasteiger partial charge is 0.349 e.